The summed E-state index contributed by atoms with van der Waals surface area (Å²) in [4.78, 5) is 7.37. The molecule has 0 spiro atoms. The van der Waals surface area contributed by atoms with Crippen molar-refractivity contribution in [3.05, 3.63) is 23.8 Å². The molecule has 2 aliphatic rings. The van der Waals surface area contributed by atoms with Crippen molar-refractivity contribution < 1.29 is 14.2 Å². The van der Waals surface area contributed by atoms with Crippen LogP contribution < -0.4 is 20.1 Å². The minimum absolute atomic E-state index is 0. The van der Waals surface area contributed by atoms with Crippen molar-refractivity contribution >= 4 is 29.9 Å². The molecule has 2 aliphatic heterocycles. The van der Waals surface area contributed by atoms with E-state index in [1.165, 1.54) is 5.56 Å². The number of nitrogens with one attached hydrogen (secondary N) is 2. The van der Waals surface area contributed by atoms with Crippen molar-refractivity contribution in [3.8, 4) is 11.5 Å². The lowest BCUT2D eigenvalue weighted by molar-refractivity contribution is 0.00867. The second-order valence-electron chi connectivity index (χ2n) is 7.54. The first-order chi connectivity index (χ1) is 13.7. The summed E-state index contributed by atoms with van der Waals surface area (Å²) in [6.45, 7) is 13.0. The number of nitrogens with zero attached hydrogens (tertiary/aromatic N) is 2. The first-order valence-electron chi connectivity index (χ1n) is 10.4. The highest BCUT2D eigenvalue weighted by atomic mass is 127. The Morgan fingerprint density at radius 3 is 2.62 bits per heavy atom. The standard InChI is InChI=1S/C21H34N4O3.HI/c1-4-22-21(24-14-18(16(2)3)25-9-11-26-12-10-25)23-8-7-17-5-6-19-20(13-17)28-15-27-19;/h5-6,13,16,18H,4,7-12,14-15H2,1-3H3,(H2,22,23,24);1H. The van der Waals surface area contributed by atoms with Crippen molar-refractivity contribution in [2.45, 2.75) is 33.2 Å². The fourth-order valence-electron chi connectivity index (χ4n) is 3.61. The molecule has 7 nitrogen and oxygen atoms in total. The third-order valence-corrected chi connectivity index (χ3v) is 5.21. The lowest BCUT2D eigenvalue weighted by Crippen LogP contribution is -2.48. The summed E-state index contributed by atoms with van der Waals surface area (Å²) in [6, 6.07) is 6.56. The van der Waals surface area contributed by atoms with Gasteiger partial charge >= 0.3 is 0 Å². The Labute approximate surface area is 191 Å². The van der Waals surface area contributed by atoms with Crippen LogP contribution in [0.4, 0.5) is 0 Å². The van der Waals surface area contributed by atoms with Crippen LogP contribution in [-0.2, 0) is 11.2 Å². The van der Waals surface area contributed by atoms with Gasteiger partial charge in [-0.15, -0.1) is 24.0 Å². The Morgan fingerprint density at radius 1 is 1.14 bits per heavy atom. The van der Waals surface area contributed by atoms with Gasteiger partial charge in [-0.25, -0.2) is 0 Å². The SMILES string of the molecule is CCNC(=NCC(C(C)C)N1CCOCC1)NCCc1ccc2c(c1)OCO2.I. The minimum Gasteiger partial charge on any atom is -0.454 e. The van der Waals surface area contributed by atoms with Gasteiger partial charge in [0, 0.05) is 32.2 Å². The number of aliphatic imine (C=N–C) groups is 1. The van der Waals surface area contributed by atoms with Crippen LogP contribution >= 0.6 is 24.0 Å². The Morgan fingerprint density at radius 2 is 1.90 bits per heavy atom. The van der Waals surface area contributed by atoms with Gasteiger partial charge in [-0.3, -0.25) is 9.89 Å². The molecule has 1 aromatic carbocycles. The summed E-state index contributed by atoms with van der Waals surface area (Å²) in [6.07, 6.45) is 0.901. The van der Waals surface area contributed by atoms with Gasteiger partial charge in [0.1, 0.15) is 0 Å². The van der Waals surface area contributed by atoms with Crippen LogP contribution in [-0.4, -0.2) is 69.6 Å². The molecule has 2 heterocycles. The molecule has 1 fully saturated rings. The first-order valence-corrected chi connectivity index (χ1v) is 10.4. The number of hydrogen-bond acceptors (Lipinski definition) is 5. The Kier molecular flexibility index (Phi) is 10.3. The van der Waals surface area contributed by atoms with E-state index >= 15 is 0 Å². The molecule has 2 N–H and O–H groups in total. The van der Waals surface area contributed by atoms with E-state index in [0.717, 1.165) is 69.8 Å². The Balaban J connectivity index is 0.00000300. The summed E-state index contributed by atoms with van der Waals surface area (Å²) < 4.78 is 16.3. The van der Waals surface area contributed by atoms with Gasteiger partial charge in [0.2, 0.25) is 6.79 Å². The molecular formula is C21H35IN4O3. The summed E-state index contributed by atoms with van der Waals surface area (Å²) in [5, 5.41) is 6.82. The molecule has 3 rings (SSSR count). The van der Waals surface area contributed by atoms with Gasteiger partial charge in [-0.1, -0.05) is 19.9 Å². The van der Waals surface area contributed by atoms with E-state index in [-0.39, 0.29) is 24.0 Å². The highest BCUT2D eigenvalue weighted by molar-refractivity contribution is 14.0. The van der Waals surface area contributed by atoms with Gasteiger partial charge in [0.05, 0.1) is 19.8 Å². The van der Waals surface area contributed by atoms with E-state index in [4.69, 9.17) is 19.2 Å². The Bertz CT molecular complexity index is 651. The molecule has 8 heteroatoms. The Hall–Kier alpha value is -1.26. The monoisotopic (exact) mass is 518 g/mol. The zero-order chi connectivity index (χ0) is 19.8. The molecule has 0 bridgehead atoms. The van der Waals surface area contributed by atoms with Crippen LogP contribution in [0.25, 0.3) is 0 Å². The molecule has 0 radical (unpaired) electrons. The van der Waals surface area contributed by atoms with Crippen molar-refractivity contribution in [1.29, 1.82) is 0 Å². The van der Waals surface area contributed by atoms with Crippen LogP contribution in [0.15, 0.2) is 23.2 Å². The molecule has 0 aliphatic carbocycles. The van der Waals surface area contributed by atoms with Crippen molar-refractivity contribution in [3.63, 3.8) is 0 Å². The molecule has 0 amide bonds. The fourth-order valence-corrected chi connectivity index (χ4v) is 3.61. The van der Waals surface area contributed by atoms with E-state index < -0.39 is 0 Å². The van der Waals surface area contributed by atoms with Crippen molar-refractivity contribution in [2.24, 2.45) is 10.9 Å². The van der Waals surface area contributed by atoms with Gasteiger partial charge in [0.25, 0.3) is 0 Å². The van der Waals surface area contributed by atoms with Gasteiger partial charge in [0.15, 0.2) is 17.5 Å². The summed E-state index contributed by atoms with van der Waals surface area (Å²) in [7, 11) is 0. The number of ether oxygens (including phenoxy) is 3. The van der Waals surface area contributed by atoms with Crippen LogP contribution in [0.3, 0.4) is 0 Å². The lowest BCUT2D eigenvalue weighted by atomic mass is 10.0. The normalized spacial score (nSPS) is 17.7. The van der Waals surface area contributed by atoms with E-state index in [9.17, 15) is 0 Å². The summed E-state index contributed by atoms with van der Waals surface area (Å²) in [5.41, 5.74) is 1.22. The number of benzene rings is 1. The number of guanidine groups is 1. The maximum atomic E-state index is 5.50. The van der Waals surface area contributed by atoms with Gasteiger partial charge in [-0.2, -0.15) is 0 Å². The number of hydrogen-bond donors (Lipinski definition) is 2. The highest BCUT2D eigenvalue weighted by Gasteiger charge is 2.23. The molecular weight excluding hydrogens is 483 g/mol. The second kappa shape index (κ2) is 12.4. The molecule has 29 heavy (non-hydrogen) atoms. The quantitative estimate of drug-likeness (QED) is 0.313. The number of morpholine rings is 1. The highest BCUT2D eigenvalue weighted by Crippen LogP contribution is 2.32. The third-order valence-electron chi connectivity index (χ3n) is 5.21. The smallest absolute Gasteiger partial charge is 0.231 e. The minimum atomic E-state index is 0. The second-order valence-corrected chi connectivity index (χ2v) is 7.54. The third kappa shape index (κ3) is 7.18. The molecule has 164 valence electrons. The predicted octanol–water partition coefficient (Wildman–Crippen LogP) is 2.49. The maximum absolute atomic E-state index is 5.50. The molecule has 0 saturated carbocycles. The van der Waals surface area contributed by atoms with Crippen LogP contribution in [0.1, 0.15) is 26.3 Å². The number of halogens is 1. The molecule has 0 aromatic heterocycles. The van der Waals surface area contributed by atoms with E-state index in [1.54, 1.807) is 0 Å². The summed E-state index contributed by atoms with van der Waals surface area (Å²) in [5.74, 6) is 3.10. The van der Waals surface area contributed by atoms with Crippen LogP contribution in [0.5, 0.6) is 11.5 Å². The first kappa shape index (κ1) is 24.0. The largest absolute Gasteiger partial charge is 0.454 e. The van der Waals surface area contributed by atoms with Crippen molar-refractivity contribution in [1.82, 2.24) is 15.5 Å². The van der Waals surface area contributed by atoms with Crippen LogP contribution in [0.2, 0.25) is 0 Å². The lowest BCUT2D eigenvalue weighted by Gasteiger charge is -2.36. The van der Waals surface area contributed by atoms with E-state index in [2.05, 4.69) is 48.4 Å². The van der Waals surface area contributed by atoms with E-state index in [1.807, 2.05) is 6.07 Å². The zero-order valence-electron chi connectivity index (χ0n) is 17.8. The zero-order valence-corrected chi connectivity index (χ0v) is 20.1. The van der Waals surface area contributed by atoms with Crippen LogP contribution in [0, 0.1) is 5.92 Å². The van der Waals surface area contributed by atoms with Gasteiger partial charge in [-0.05, 0) is 37.0 Å². The maximum Gasteiger partial charge on any atom is 0.231 e. The molecule has 1 unspecified atom stereocenters. The summed E-state index contributed by atoms with van der Waals surface area (Å²) >= 11 is 0. The molecule has 1 atom stereocenters. The topological polar surface area (TPSA) is 67.4 Å². The average molecular weight is 518 g/mol. The average Bonchev–Trinajstić information content (AvgIpc) is 3.16. The fraction of sp³-hybridized carbons (Fsp3) is 0.667. The van der Waals surface area contributed by atoms with Gasteiger partial charge < -0.3 is 24.8 Å². The predicted molar refractivity (Wildman–Crippen MR) is 127 cm³/mol. The number of rotatable bonds is 8. The molecule has 1 aromatic rings. The molecule has 1 saturated heterocycles. The number of fused-ring (bicyclic) bond motifs is 1. The van der Waals surface area contributed by atoms with E-state index in [0.29, 0.717) is 18.8 Å². The van der Waals surface area contributed by atoms with Crippen molar-refractivity contribution in [2.75, 3.05) is 52.7 Å².